The molecule has 0 amide bonds. The minimum atomic E-state index is -0.398. The van der Waals surface area contributed by atoms with Gasteiger partial charge in [-0.3, -0.25) is 0 Å². The molecule has 1 heterocycles. The highest BCUT2D eigenvalue weighted by Gasteiger charge is 1.98. The van der Waals surface area contributed by atoms with Gasteiger partial charge in [0.1, 0.15) is 5.82 Å². The van der Waals surface area contributed by atoms with Crippen LogP contribution >= 0.6 is 0 Å². The molecule has 1 radical (unpaired) electrons. The topological polar surface area (TPSA) is 66.5 Å². The van der Waals surface area contributed by atoms with E-state index in [1.54, 1.807) is 12.1 Å². The Morgan fingerprint density at radius 3 is 3.14 bits per heavy atom. The van der Waals surface area contributed by atoms with Gasteiger partial charge in [0.15, 0.2) is 5.82 Å². The molecule has 1 aromatic carbocycles. The Morgan fingerprint density at radius 1 is 1.50 bits per heavy atom. The van der Waals surface area contributed by atoms with Crippen molar-refractivity contribution in [2.75, 3.05) is 5.32 Å². The van der Waals surface area contributed by atoms with E-state index in [1.165, 1.54) is 6.07 Å². The smallest absolute Gasteiger partial charge is 0.167 e. The number of nitrogens with one attached hydrogen (secondary N) is 2. The molecule has 14 heavy (non-hydrogen) atoms. The van der Waals surface area contributed by atoms with Gasteiger partial charge in [0.2, 0.25) is 0 Å². The minimum Gasteiger partial charge on any atom is -0.377 e. The van der Waals surface area contributed by atoms with Crippen LogP contribution in [-0.4, -0.2) is 20.6 Å². The Hall–Kier alpha value is -1.98. The third-order valence-corrected chi connectivity index (χ3v) is 1.60. The predicted octanol–water partition coefficient (Wildman–Crippen LogP) is 0.751. The quantitative estimate of drug-likeness (QED) is 0.753. The Kier molecular flexibility index (Phi) is 2.35. The second-order valence-corrected chi connectivity index (χ2v) is 2.61. The van der Waals surface area contributed by atoms with Crippen LogP contribution in [0.5, 0.6) is 0 Å². The van der Waals surface area contributed by atoms with Crippen LogP contribution in [-0.2, 0) is 6.54 Å². The average Bonchev–Trinajstić information content (AvgIpc) is 2.67. The molecule has 0 saturated heterocycles. The van der Waals surface area contributed by atoms with Gasteiger partial charge in [-0.1, -0.05) is 6.07 Å². The van der Waals surface area contributed by atoms with Crippen molar-refractivity contribution in [1.82, 2.24) is 20.6 Å². The van der Waals surface area contributed by atoms with Crippen LogP contribution in [0.25, 0.3) is 0 Å². The fourth-order valence-electron chi connectivity index (χ4n) is 0.977. The first-order valence-corrected chi connectivity index (χ1v) is 3.99. The Balaban J connectivity index is 1.98. The summed E-state index contributed by atoms with van der Waals surface area (Å²) < 4.78 is 12.7. The molecule has 2 N–H and O–H groups in total. The van der Waals surface area contributed by atoms with Crippen molar-refractivity contribution in [2.45, 2.75) is 6.54 Å². The van der Waals surface area contributed by atoms with E-state index in [0.717, 1.165) is 0 Å². The lowest BCUT2D eigenvalue weighted by Gasteiger charge is -2.01. The zero-order valence-electron chi connectivity index (χ0n) is 7.16. The summed E-state index contributed by atoms with van der Waals surface area (Å²) in [5.41, 5.74) is 0.571. The predicted molar refractivity (Wildman–Crippen MR) is 46.7 cm³/mol. The molecule has 2 rings (SSSR count). The molecule has 1 aromatic heterocycles. The zero-order valence-corrected chi connectivity index (χ0v) is 7.16. The number of tetrazole rings is 1. The highest BCUT2D eigenvalue weighted by atomic mass is 19.1. The largest absolute Gasteiger partial charge is 0.377 e. The first kappa shape index (κ1) is 8.61. The van der Waals surface area contributed by atoms with Crippen molar-refractivity contribution >= 4 is 5.69 Å². The molecule has 0 aliphatic heterocycles. The lowest BCUT2D eigenvalue weighted by Crippen LogP contribution is -2.01. The number of hydrogen-bond donors (Lipinski definition) is 2. The molecule has 0 bridgehead atoms. The van der Waals surface area contributed by atoms with Crippen LogP contribution in [0.4, 0.5) is 10.1 Å². The summed E-state index contributed by atoms with van der Waals surface area (Å²) in [5.74, 6) is 0.188. The molecular weight excluding hydrogens is 185 g/mol. The van der Waals surface area contributed by atoms with Crippen LogP contribution in [0.2, 0.25) is 0 Å². The first-order valence-electron chi connectivity index (χ1n) is 3.99. The number of hydrogen-bond acceptors (Lipinski definition) is 4. The summed E-state index contributed by atoms with van der Waals surface area (Å²) >= 11 is 0. The third-order valence-electron chi connectivity index (χ3n) is 1.60. The lowest BCUT2D eigenvalue weighted by atomic mass is 10.3. The fraction of sp³-hybridized carbons (Fsp3) is 0.125. The number of H-pyrrole nitrogens is 1. The van der Waals surface area contributed by atoms with E-state index in [0.29, 0.717) is 18.1 Å². The Morgan fingerprint density at radius 2 is 2.43 bits per heavy atom. The summed E-state index contributed by atoms with van der Waals surface area (Å²) in [5, 5.41) is 16.0. The molecular formula is C8H7FN5. The van der Waals surface area contributed by atoms with Crippen molar-refractivity contribution in [2.24, 2.45) is 0 Å². The van der Waals surface area contributed by atoms with Gasteiger partial charge >= 0.3 is 0 Å². The van der Waals surface area contributed by atoms with Gasteiger partial charge in [-0.05, 0) is 22.6 Å². The van der Waals surface area contributed by atoms with E-state index in [2.05, 4.69) is 32.0 Å². The van der Waals surface area contributed by atoms with Crippen LogP contribution in [0.3, 0.4) is 0 Å². The number of halogens is 1. The van der Waals surface area contributed by atoms with E-state index in [1.807, 2.05) is 0 Å². The number of nitrogens with zero attached hydrogens (tertiary/aromatic N) is 3. The van der Waals surface area contributed by atoms with Crippen LogP contribution in [0.1, 0.15) is 5.82 Å². The molecule has 0 aliphatic carbocycles. The van der Waals surface area contributed by atoms with Gasteiger partial charge in [0.05, 0.1) is 6.54 Å². The molecule has 0 fully saturated rings. The van der Waals surface area contributed by atoms with Crippen molar-refractivity contribution in [3.63, 3.8) is 0 Å². The summed E-state index contributed by atoms with van der Waals surface area (Å²) in [6.45, 7) is 0.410. The summed E-state index contributed by atoms with van der Waals surface area (Å²) in [4.78, 5) is 0. The number of anilines is 1. The van der Waals surface area contributed by atoms with Crippen molar-refractivity contribution in [3.05, 3.63) is 35.9 Å². The molecule has 0 aliphatic rings. The molecule has 2 aromatic rings. The van der Waals surface area contributed by atoms with Crippen molar-refractivity contribution in [3.8, 4) is 0 Å². The number of rotatable bonds is 3. The number of aromatic amines is 1. The maximum atomic E-state index is 12.7. The Labute approximate surface area is 79.3 Å². The highest BCUT2D eigenvalue weighted by Crippen LogP contribution is 2.08. The van der Waals surface area contributed by atoms with E-state index in [-0.39, 0.29) is 0 Å². The van der Waals surface area contributed by atoms with Crippen molar-refractivity contribution < 1.29 is 4.39 Å². The molecule has 0 atom stereocenters. The van der Waals surface area contributed by atoms with E-state index >= 15 is 0 Å². The van der Waals surface area contributed by atoms with Gasteiger partial charge in [-0.2, -0.15) is 0 Å². The minimum absolute atomic E-state index is 0.398. The van der Waals surface area contributed by atoms with E-state index in [9.17, 15) is 4.39 Å². The molecule has 71 valence electrons. The van der Waals surface area contributed by atoms with E-state index in [4.69, 9.17) is 0 Å². The molecule has 0 unspecified atom stereocenters. The normalized spacial score (nSPS) is 10.1. The second-order valence-electron chi connectivity index (χ2n) is 2.61. The number of benzene rings is 1. The maximum absolute atomic E-state index is 12.7. The van der Waals surface area contributed by atoms with E-state index < -0.39 is 5.82 Å². The van der Waals surface area contributed by atoms with Crippen LogP contribution in [0, 0.1) is 11.9 Å². The molecule has 6 heteroatoms. The molecule has 0 spiro atoms. The fourth-order valence-corrected chi connectivity index (χ4v) is 0.977. The van der Waals surface area contributed by atoms with Gasteiger partial charge in [-0.25, -0.2) is 9.49 Å². The highest BCUT2D eigenvalue weighted by molar-refractivity contribution is 5.41. The van der Waals surface area contributed by atoms with Gasteiger partial charge < -0.3 is 5.32 Å². The van der Waals surface area contributed by atoms with Gasteiger partial charge in [0, 0.05) is 11.8 Å². The van der Waals surface area contributed by atoms with Crippen molar-refractivity contribution in [1.29, 1.82) is 0 Å². The first-order chi connectivity index (χ1) is 6.84. The maximum Gasteiger partial charge on any atom is 0.167 e. The number of aromatic nitrogens is 4. The summed E-state index contributed by atoms with van der Waals surface area (Å²) in [7, 11) is 0. The van der Waals surface area contributed by atoms with Gasteiger partial charge in [-0.15, -0.1) is 5.10 Å². The van der Waals surface area contributed by atoms with Crippen LogP contribution in [0.15, 0.2) is 18.2 Å². The van der Waals surface area contributed by atoms with Crippen LogP contribution < -0.4 is 5.32 Å². The average molecular weight is 192 g/mol. The second kappa shape index (κ2) is 3.82. The zero-order chi connectivity index (χ0) is 9.80. The SMILES string of the molecule is Fc1[c]c(NCc2nnn[nH]2)ccc1. The van der Waals surface area contributed by atoms with Gasteiger partial charge in [0.25, 0.3) is 0 Å². The Bertz CT molecular complexity index is 400. The monoisotopic (exact) mass is 192 g/mol. The molecule has 0 saturated carbocycles. The molecule has 5 nitrogen and oxygen atoms in total. The standard InChI is InChI=1S/C8H7FN5/c9-6-2-1-3-7(4-6)10-5-8-11-13-14-12-8/h1-3,10H,5H2,(H,11,12,13,14). The summed E-state index contributed by atoms with van der Waals surface area (Å²) in [6.07, 6.45) is 0. The third kappa shape index (κ3) is 2.03. The summed E-state index contributed by atoms with van der Waals surface area (Å²) in [6, 6.07) is 7.16. The lowest BCUT2D eigenvalue weighted by molar-refractivity contribution is 0.626.